The van der Waals surface area contributed by atoms with Crippen LogP contribution >= 0.6 is 27.5 Å². The van der Waals surface area contributed by atoms with Gasteiger partial charge in [-0.1, -0.05) is 23.7 Å². The number of nitrogens with zero attached hydrogens (tertiary/aromatic N) is 3. The van der Waals surface area contributed by atoms with Gasteiger partial charge in [0.1, 0.15) is 12.4 Å². The van der Waals surface area contributed by atoms with Gasteiger partial charge in [-0.15, -0.1) is 0 Å². The number of hydrogen-bond acceptors (Lipinski definition) is 4. The maximum atomic E-state index is 13.0. The first-order valence-corrected chi connectivity index (χ1v) is 9.14. The van der Waals surface area contributed by atoms with Crippen LogP contribution in [-0.4, -0.2) is 26.5 Å². The summed E-state index contributed by atoms with van der Waals surface area (Å²) >= 11 is 9.61. The second-order valence-electron chi connectivity index (χ2n) is 6.05. The highest BCUT2D eigenvalue weighted by molar-refractivity contribution is 9.10. The van der Waals surface area contributed by atoms with Crippen molar-refractivity contribution >= 4 is 44.5 Å². The van der Waals surface area contributed by atoms with Crippen molar-refractivity contribution in [1.82, 2.24) is 19.9 Å². The Morgan fingerprint density at radius 2 is 2.08 bits per heavy atom. The van der Waals surface area contributed by atoms with Crippen molar-refractivity contribution in [3.8, 4) is 11.4 Å². The van der Waals surface area contributed by atoms with E-state index in [1.807, 2.05) is 13.8 Å². The molecule has 0 radical (unpaired) electrons. The average Bonchev–Trinajstić information content (AvgIpc) is 2.58. The molecule has 0 saturated heterocycles. The lowest BCUT2D eigenvalue weighted by Gasteiger charge is -2.15. The fourth-order valence-corrected chi connectivity index (χ4v) is 3.14. The zero-order chi connectivity index (χ0) is 18.8. The summed E-state index contributed by atoms with van der Waals surface area (Å²) in [5.74, 6) is 0.0290. The third-order valence-corrected chi connectivity index (χ3v) is 4.41. The van der Waals surface area contributed by atoms with Crippen LogP contribution < -0.4 is 10.9 Å². The molecule has 0 unspecified atom stereocenters. The first kappa shape index (κ1) is 18.5. The van der Waals surface area contributed by atoms with Gasteiger partial charge in [-0.3, -0.25) is 14.2 Å². The largest absolute Gasteiger partial charge is 0.352 e. The van der Waals surface area contributed by atoms with Crippen molar-refractivity contribution < 1.29 is 4.79 Å². The first-order valence-electron chi connectivity index (χ1n) is 7.97. The van der Waals surface area contributed by atoms with E-state index in [1.165, 1.54) is 4.57 Å². The van der Waals surface area contributed by atoms with Crippen LogP contribution in [0.2, 0.25) is 5.02 Å². The summed E-state index contributed by atoms with van der Waals surface area (Å²) in [5, 5.41) is 3.55. The molecule has 134 valence electrons. The number of fused-ring (bicyclic) bond motifs is 1. The van der Waals surface area contributed by atoms with Crippen LogP contribution in [0.25, 0.3) is 22.4 Å². The summed E-state index contributed by atoms with van der Waals surface area (Å²) < 4.78 is 1.99. The van der Waals surface area contributed by atoms with E-state index >= 15 is 0 Å². The van der Waals surface area contributed by atoms with E-state index < -0.39 is 0 Å². The molecule has 1 aromatic carbocycles. The Labute approximate surface area is 163 Å². The number of nitrogens with one attached hydrogen (secondary N) is 1. The minimum Gasteiger partial charge on any atom is -0.352 e. The van der Waals surface area contributed by atoms with E-state index in [2.05, 4.69) is 31.2 Å². The molecule has 0 bridgehead atoms. The standard InChI is InChI=1S/C18H16BrClN4O2/c1-10(2)22-15(25)9-24-17(12-5-3-4-6-14(12)20)23-16-13(18(24)26)7-11(19)8-21-16/h3-8,10H,9H2,1-2H3,(H,22,25). The van der Waals surface area contributed by atoms with Gasteiger partial charge in [-0.25, -0.2) is 9.97 Å². The maximum Gasteiger partial charge on any atom is 0.263 e. The van der Waals surface area contributed by atoms with Crippen molar-refractivity contribution in [3.05, 3.63) is 56.4 Å². The molecule has 0 saturated carbocycles. The van der Waals surface area contributed by atoms with Gasteiger partial charge in [0.2, 0.25) is 5.91 Å². The van der Waals surface area contributed by atoms with Crippen LogP contribution in [0.15, 0.2) is 45.8 Å². The molecule has 1 N–H and O–H groups in total. The Hall–Kier alpha value is -2.25. The number of aromatic nitrogens is 3. The van der Waals surface area contributed by atoms with Gasteiger partial charge < -0.3 is 5.32 Å². The number of benzene rings is 1. The quantitative estimate of drug-likeness (QED) is 0.681. The highest BCUT2D eigenvalue weighted by Crippen LogP contribution is 2.26. The topological polar surface area (TPSA) is 76.9 Å². The molecule has 0 fully saturated rings. The van der Waals surface area contributed by atoms with Gasteiger partial charge >= 0.3 is 0 Å². The molecule has 26 heavy (non-hydrogen) atoms. The van der Waals surface area contributed by atoms with Crippen LogP contribution in [0.5, 0.6) is 0 Å². The molecule has 0 aliphatic rings. The number of rotatable bonds is 4. The summed E-state index contributed by atoms with van der Waals surface area (Å²) in [6.07, 6.45) is 1.57. The SMILES string of the molecule is CC(C)NC(=O)Cn1c(-c2ccccc2Cl)nc2ncc(Br)cc2c1=O. The minimum absolute atomic E-state index is 0.0359. The maximum absolute atomic E-state index is 13.0. The molecule has 3 rings (SSSR count). The molecule has 8 heteroatoms. The first-order chi connectivity index (χ1) is 12.4. The fourth-order valence-electron chi connectivity index (χ4n) is 2.59. The lowest BCUT2D eigenvalue weighted by atomic mass is 10.2. The number of amides is 1. The Bertz CT molecular complexity index is 1050. The number of hydrogen-bond donors (Lipinski definition) is 1. The van der Waals surface area contributed by atoms with Crippen LogP contribution in [0.3, 0.4) is 0 Å². The molecule has 2 heterocycles. The molecule has 0 aliphatic heterocycles. The van der Waals surface area contributed by atoms with Crippen molar-refractivity contribution in [3.63, 3.8) is 0 Å². The van der Waals surface area contributed by atoms with E-state index in [9.17, 15) is 9.59 Å². The lowest BCUT2D eigenvalue weighted by Crippen LogP contribution is -2.37. The smallest absolute Gasteiger partial charge is 0.263 e. The summed E-state index contributed by atoms with van der Waals surface area (Å²) in [6.45, 7) is 3.55. The summed E-state index contributed by atoms with van der Waals surface area (Å²) in [5.41, 5.74) is 0.515. The predicted octanol–water partition coefficient (Wildman–Crippen LogP) is 3.40. The Morgan fingerprint density at radius 1 is 1.35 bits per heavy atom. The third-order valence-electron chi connectivity index (χ3n) is 3.64. The second kappa shape index (κ2) is 7.55. The van der Waals surface area contributed by atoms with Crippen molar-refractivity contribution in [2.45, 2.75) is 26.4 Å². The molecule has 6 nitrogen and oxygen atoms in total. The molecule has 1 amide bonds. The Morgan fingerprint density at radius 3 is 2.77 bits per heavy atom. The van der Waals surface area contributed by atoms with Gasteiger partial charge in [-0.2, -0.15) is 0 Å². The number of halogens is 2. The monoisotopic (exact) mass is 434 g/mol. The molecular weight excluding hydrogens is 420 g/mol. The minimum atomic E-state index is -0.349. The van der Waals surface area contributed by atoms with Crippen molar-refractivity contribution in [1.29, 1.82) is 0 Å². The molecule has 0 spiro atoms. The number of carbonyl (C=O) groups is 1. The zero-order valence-electron chi connectivity index (χ0n) is 14.2. The van der Waals surface area contributed by atoms with Gasteiger partial charge in [-0.05, 0) is 48.0 Å². The summed E-state index contributed by atoms with van der Waals surface area (Å²) in [6, 6.07) is 8.66. The van der Waals surface area contributed by atoms with Gasteiger partial charge in [0.15, 0.2) is 5.65 Å². The van der Waals surface area contributed by atoms with Gasteiger partial charge in [0.05, 0.1) is 10.4 Å². The van der Waals surface area contributed by atoms with E-state index in [1.54, 1.807) is 36.5 Å². The predicted molar refractivity (Wildman–Crippen MR) is 105 cm³/mol. The normalized spacial score (nSPS) is 11.1. The highest BCUT2D eigenvalue weighted by Gasteiger charge is 2.18. The van der Waals surface area contributed by atoms with E-state index in [0.717, 1.165) is 0 Å². The van der Waals surface area contributed by atoms with Crippen LogP contribution in [0.1, 0.15) is 13.8 Å². The van der Waals surface area contributed by atoms with Crippen molar-refractivity contribution in [2.75, 3.05) is 0 Å². The Kier molecular flexibility index (Phi) is 5.38. The van der Waals surface area contributed by atoms with E-state index in [-0.39, 0.29) is 24.1 Å². The van der Waals surface area contributed by atoms with Crippen LogP contribution in [-0.2, 0) is 11.3 Å². The van der Waals surface area contributed by atoms with Crippen LogP contribution in [0, 0.1) is 0 Å². The van der Waals surface area contributed by atoms with Gasteiger partial charge in [0.25, 0.3) is 5.56 Å². The van der Waals surface area contributed by atoms with Gasteiger partial charge in [0, 0.05) is 22.3 Å². The highest BCUT2D eigenvalue weighted by atomic mass is 79.9. The second-order valence-corrected chi connectivity index (χ2v) is 7.38. The van der Waals surface area contributed by atoms with E-state index in [4.69, 9.17) is 11.6 Å². The molecular formula is C18H16BrClN4O2. The molecule has 3 aromatic rings. The molecule has 2 aromatic heterocycles. The summed E-state index contributed by atoms with van der Waals surface area (Å²) in [4.78, 5) is 34.1. The Balaban J connectivity index is 2.26. The number of carbonyl (C=O) groups excluding carboxylic acids is 1. The van der Waals surface area contributed by atoms with Crippen molar-refractivity contribution in [2.24, 2.45) is 0 Å². The molecule has 0 aliphatic carbocycles. The average molecular weight is 436 g/mol. The summed E-state index contributed by atoms with van der Waals surface area (Å²) in [7, 11) is 0. The third kappa shape index (κ3) is 3.78. The fraction of sp³-hybridized carbons (Fsp3) is 0.222. The van der Waals surface area contributed by atoms with Crippen LogP contribution in [0.4, 0.5) is 0 Å². The zero-order valence-corrected chi connectivity index (χ0v) is 16.5. The number of pyridine rings is 1. The molecule has 0 atom stereocenters. The lowest BCUT2D eigenvalue weighted by molar-refractivity contribution is -0.122. The van der Waals surface area contributed by atoms with E-state index in [0.29, 0.717) is 31.9 Å².